The second kappa shape index (κ2) is 6.91. The number of nitrogens with zero attached hydrogens (tertiary/aromatic N) is 2. The van der Waals surface area contributed by atoms with Gasteiger partial charge in [0.15, 0.2) is 0 Å². The zero-order chi connectivity index (χ0) is 17.1. The average molecular weight is 319 g/mol. The van der Waals surface area contributed by atoms with Gasteiger partial charge in [-0.15, -0.1) is 0 Å². The van der Waals surface area contributed by atoms with E-state index in [9.17, 15) is 14.3 Å². The number of benzene rings is 1. The lowest BCUT2D eigenvalue weighted by Gasteiger charge is -2.20. The summed E-state index contributed by atoms with van der Waals surface area (Å²) in [5, 5.41) is 17.2. The van der Waals surface area contributed by atoms with Crippen molar-refractivity contribution in [1.82, 2.24) is 15.1 Å². The van der Waals surface area contributed by atoms with Gasteiger partial charge in [0.05, 0.1) is 12.1 Å². The van der Waals surface area contributed by atoms with Crippen molar-refractivity contribution in [2.75, 3.05) is 0 Å². The van der Waals surface area contributed by atoms with Crippen molar-refractivity contribution < 1.29 is 14.3 Å². The number of hydrogen-bond acceptors (Lipinski definition) is 3. The number of nitrogens with one attached hydrogen (secondary N) is 1. The topological polar surface area (TPSA) is 67.2 Å². The van der Waals surface area contributed by atoms with Crippen LogP contribution < -0.4 is 5.32 Å². The van der Waals surface area contributed by atoms with Crippen molar-refractivity contribution >= 4 is 5.91 Å². The Kier molecular flexibility index (Phi) is 5.15. The zero-order valence-electron chi connectivity index (χ0n) is 13.7. The van der Waals surface area contributed by atoms with Gasteiger partial charge in [0, 0.05) is 12.7 Å². The van der Waals surface area contributed by atoms with E-state index < -0.39 is 12.1 Å². The maximum Gasteiger partial charge on any atom is 0.272 e. The molecule has 0 saturated carbocycles. The van der Waals surface area contributed by atoms with Crippen LogP contribution in [0.15, 0.2) is 30.3 Å². The SMILES string of the molecule is CC(C)c1cc(C(=O)NC(C)C(O)c2ccc(F)cc2)nn1C. The number of aromatic nitrogens is 2. The van der Waals surface area contributed by atoms with Crippen molar-refractivity contribution in [2.24, 2.45) is 7.05 Å². The minimum atomic E-state index is -0.923. The summed E-state index contributed by atoms with van der Waals surface area (Å²) in [6, 6.07) is 6.77. The predicted molar refractivity (Wildman–Crippen MR) is 85.6 cm³/mol. The highest BCUT2D eigenvalue weighted by molar-refractivity contribution is 5.92. The molecule has 0 saturated heterocycles. The van der Waals surface area contributed by atoms with E-state index in [0.29, 0.717) is 11.3 Å². The van der Waals surface area contributed by atoms with Crippen LogP contribution in [0.3, 0.4) is 0 Å². The summed E-state index contributed by atoms with van der Waals surface area (Å²) in [5.41, 5.74) is 1.82. The van der Waals surface area contributed by atoms with Gasteiger partial charge in [-0.3, -0.25) is 9.48 Å². The summed E-state index contributed by atoms with van der Waals surface area (Å²) >= 11 is 0. The number of rotatable bonds is 5. The summed E-state index contributed by atoms with van der Waals surface area (Å²) in [4.78, 5) is 12.3. The summed E-state index contributed by atoms with van der Waals surface area (Å²) < 4.78 is 14.6. The van der Waals surface area contributed by atoms with Gasteiger partial charge in [0.1, 0.15) is 11.5 Å². The molecule has 1 aromatic carbocycles. The van der Waals surface area contributed by atoms with Crippen molar-refractivity contribution in [3.05, 3.63) is 53.1 Å². The van der Waals surface area contributed by atoms with E-state index in [1.807, 2.05) is 13.8 Å². The van der Waals surface area contributed by atoms with Crippen LogP contribution in [0.2, 0.25) is 0 Å². The largest absolute Gasteiger partial charge is 0.386 e. The molecular weight excluding hydrogens is 297 g/mol. The van der Waals surface area contributed by atoms with Gasteiger partial charge in [-0.25, -0.2) is 4.39 Å². The molecule has 1 aromatic heterocycles. The van der Waals surface area contributed by atoms with Gasteiger partial charge in [0.25, 0.3) is 5.91 Å². The highest BCUT2D eigenvalue weighted by Gasteiger charge is 2.21. The number of carbonyl (C=O) groups excluding carboxylic acids is 1. The first-order valence-electron chi connectivity index (χ1n) is 7.58. The Hall–Kier alpha value is -2.21. The lowest BCUT2D eigenvalue weighted by Crippen LogP contribution is -2.37. The Morgan fingerprint density at radius 2 is 1.87 bits per heavy atom. The van der Waals surface area contributed by atoms with E-state index in [4.69, 9.17) is 0 Å². The molecule has 2 rings (SSSR count). The lowest BCUT2D eigenvalue weighted by molar-refractivity contribution is 0.0846. The van der Waals surface area contributed by atoms with Gasteiger partial charge in [0.2, 0.25) is 0 Å². The standard InChI is InChI=1S/C17H22FN3O2/c1-10(2)15-9-14(20-21(15)4)17(23)19-11(3)16(22)12-5-7-13(18)8-6-12/h5-11,16,22H,1-4H3,(H,19,23). The van der Waals surface area contributed by atoms with Crippen molar-refractivity contribution in [2.45, 2.75) is 38.8 Å². The maximum absolute atomic E-state index is 12.9. The number of aliphatic hydroxyl groups is 1. The molecule has 0 spiro atoms. The Morgan fingerprint density at radius 3 is 2.39 bits per heavy atom. The molecule has 0 aliphatic rings. The highest BCUT2D eigenvalue weighted by atomic mass is 19.1. The van der Waals surface area contributed by atoms with Crippen molar-refractivity contribution in [1.29, 1.82) is 0 Å². The molecule has 2 N–H and O–H groups in total. The molecular formula is C17H22FN3O2. The molecule has 5 nitrogen and oxygen atoms in total. The zero-order valence-corrected chi connectivity index (χ0v) is 13.7. The second-order valence-corrected chi connectivity index (χ2v) is 5.99. The molecule has 0 radical (unpaired) electrons. The predicted octanol–water partition coefficient (Wildman–Crippen LogP) is 2.53. The minimum absolute atomic E-state index is 0.260. The van der Waals surface area contributed by atoms with Crippen molar-refractivity contribution in [3.63, 3.8) is 0 Å². The second-order valence-electron chi connectivity index (χ2n) is 5.99. The number of aliphatic hydroxyl groups excluding tert-OH is 1. The molecule has 0 fully saturated rings. The summed E-state index contributed by atoms with van der Waals surface area (Å²) in [5.74, 6) is -0.454. The number of aryl methyl sites for hydroxylation is 1. The quantitative estimate of drug-likeness (QED) is 0.890. The van der Waals surface area contributed by atoms with E-state index in [1.165, 1.54) is 24.3 Å². The third-order valence-electron chi connectivity index (χ3n) is 3.78. The number of halogens is 1. The van der Waals surface area contributed by atoms with Gasteiger partial charge in [-0.2, -0.15) is 5.10 Å². The number of amides is 1. The molecule has 23 heavy (non-hydrogen) atoms. The maximum atomic E-state index is 12.9. The van der Waals surface area contributed by atoms with Crippen LogP contribution >= 0.6 is 0 Å². The van der Waals surface area contributed by atoms with Gasteiger partial charge in [-0.05, 0) is 36.6 Å². The van der Waals surface area contributed by atoms with Gasteiger partial charge in [-0.1, -0.05) is 26.0 Å². The molecule has 0 aliphatic carbocycles. The van der Waals surface area contributed by atoms with Crippen LogP contribution in [0, 0.1) is 5.82 Å². The van der Waals surface area contributed by atoms with Crippen LogP contribution in [0.5, 0.6) is 0 Å². The Balaban J connectivity index is 2.07. The normalized spacial score (nSPS) is 13.9. The molecule has 1 heterocycles. The van der Waals surface area contributed by atoms with E-state index in [1.54, 1.807) is 24.7 Å². The summed E-state index contributed by atoms with van der Waals surface area (Å²) in [6.45, 7) is 5.75. The Bertz CT molecular complexity index is 680. The van der Waals surface area contributed by atoms with Gasteiger partial charge < -0.3 is 10.4 Å². The molecule has 2 atom stereocenters. The van der Waals surface area contributed by atoms with Crippen LogP contribution in [-0.2, 0) is 7.05 Å². The van der Waals surface area contributed by atoms with Crippen LogP contribution in [0.4, 0.5) is 4.39 Å². The minimum Gasteiger partial charge on any atom is -0.386 e. The fraction of sp³-hybridized carbons (Fsp3) is 0.412. The van der Waals surface area contributed by atoms with Gasteiger partial charge >= 0.3 is 0 Å². The summed E-state index contributed by atoms with van der Waals surface area (Å²) in [6.07, 6.45) is -0.923. The van der Waals surface area contributed by atoms with Crippen LogP contribution in [-0.4, -0.2) is 26.8 Å². The van der Waals surface area contributed by atoms with E-state index in [0.717, 1.165) is 5.69 Å². The average Bonchev–Trinajstić information content (AvgIpc) is 2.89. The first kappa shape index (κ1) is 17.1. The molecule has 1 amide bonds. The first-order valence-corrected chi connectivity index (χ1v) is 7.58. The third-order valence-corrected chi connectivity index (χ3v) is 3.78. The molecule has 2 unspecified atom stereocenters. The molecule has 0 aliphatic heterocycles. The Labute approximate surface area is 135 Å². The monoisotopic (exact) mass is 319 g/mol. The molecule has 0 bridgehead atoms. The summed E-state index contributed by atoms with van der Waals surface area (Å²) in [7, 11) is 1.79. The van der Waals surface area contributed by atoms with E-state index in [-0.39, 0.29) is 17.6 Å². The number of carbonyl (C=O) groups is 1. The van der Waals surface area contributed by atoms with Crippen LogP contribution in [0.1, 0.15) is 54.5 Å². The number of hydrogen-bond donors (Lipinski definition) is 2. The molecule has 124 valence electrons. The fourth-order valence-corrected chi connectivity index (χ4v) is 2.44. The molecule has 6 heteroatoms. The van der Waals surface area contributed by atoms with E-state index in [2.05, 4.69) is 10.4 Å². The van der Waals surface area contributed by atoms with Crippen molar-refractivity contribution in [3.8, 4) is 0 Å². The fourth-order valence-electron chi connectivity index (χ4n) is 2.44. The first-order chi connectivity index (χ1) is 10.8. The van der Waals surface area contributed by atoms with E-state index >= 15 is 0 Å². The molecule has 2 aromatic rings. The lowest BCUT2D eigenvalue weighted by atomic mass is 10.0. The van der Waals surface area contributed by atoms with Crippen LogP contribution in [0.25, 0.3) is 0 Å². The smallest absolute Gasteiger partial charge is 0.272 e. The Morgan fingerprint density at radius 1 is 1.26 bits per heavy atom. The highest BCUT2D eigenvalue weighted by Crippen LogP contribution is 2.18. The third kappa shape index (κ3) is 3.96.